The second-order valence-corrected chi connectivity index (χ2v) is 9.47. The largest absolute Gasteiger partial charge is 1.00 e. The molecule has 0 radical (unpaired) electrons. The first-order valence-corrected chi connectivity index (χ1v) is 8.88. The van der Waals surface area contributed by atoms with Crippen LogP contribution in [0.25, 0.3) is 0 Å². The number of nitrogens with zero attached hydrogens (tertiary/aromatic N) is 1. The van der Waals surface area contributed by atoms with Crippen LogP contribution in [0.4, 0.5) is 0 Å². The van der Waals surface area contributed by atoms with Gasteiger partial charge in [-0.05, 0) is 38.5 Å². The Hall–Kier alpha value is 0.120. The molecule has 4 aliphatic rings. The van der Waals surface area contributed by atoms with E-state index in [4.69, 9.17) is 9.47 Å². The number of fused-ring (bicyclic) bond motifs is 1. The molecule has 0 N–H and O–H groups in total. The van der Waals surface area contributed by atoms with Crippen molar-refractivity contribution in [3.63, 3.8) is 0 Å². The maximum Gasteiger partial charge on any atom is 0.315 e. The number of hydrogen-bond acceptors (Lipinski definition) is 3. The minimum atomic E-state index is -0.318. The molecule has 4 rings (SSSR count). The van der Waals surface area contributed by atoms with Crippen LogP contribution in [0.1, 0.15) is 39.5 Å². The Balaban J connectivity index is 0.00000156. The summed E-state index contributed by atoms with van der Waals surface area (Å²) in [5, 5.41) is 0. The van der Waals surface area contributed by atoms with Crippen LogP contribution in [0.3, 0.4) is 0 Å². The van der Waals surface area contributed by atoms with Crippen LogP contribution in [0.5, 0.6) is 0 Å². The van der Waals surface area contributed by atoms with Gasteiger partial charge in [-0.15, -0.1) is 0 Å². The Labute approximate surface area is 156 Å². The van der Waals surface area contributed by atoms with E-state index in [2.05, 4.69) is 35.0 Å². The zero-order chi connectivity index (χ0) is 15.9. The second kappa shape index (κ2) is 5.31. The van der Waals surface area contributed by atoms with Crippen LogP contribution in [-0.4, -0.2) is 55.4 Å². The van der Waals surface area contributed by atoms with E-state index in [1.165, 1.54) is 6.42 Å². The van der Waals surface area contributed by atoms with Gasteiger partial charge in [0.1, 0.15) is 17.6 Å². The van der Waals surface area contributed by atoms with Crippen molar-refractivity contribution in [2.75, 3.05) is 27.7 Å². The molecule has 2 aliphatic carbocycles. The molecule has 0 aromatic carbocycles. The lowest BCUT2D eigenvalue weighted by Gasteiger charge is -2.50. The van der Waals surface area contributed by atoms with Gasteiger partial charge in [-0.3, -0.25) is 4.79 Å². The van der Waals surface area contributed by atoms with Crippen LogP contribution >= 0.6 is 0 Å². The van der Waals surface area contributed by atoms with Crippen LogP contribution in [0.15, 0.2) is 0 Å². The van der Waals surface area contributed by atoms with Crippen LogP contribution in [0, 0.1) is 23.7 Å². The summed E-state index contributed by atoms with van der Waals surface area (Å²) in [6.45, 7) is 5.42. The fraction of sp³-hybridized carbons (Fsp3) is 0.944. The van der Waals surface area contributed by atoms with Gasteiger partial charge in [-0.25, -0.2) is 0 Å². The Morgan fingerprint density at radius 1 is 1.17 bits per heavy atom. The number of ether oxygens (including phenoxy) is 2. The number of hydrogen-bond donors (Lipinski definition) is 0. The highest BCUT2D eigenvalue weighted by atomic mass is 127. The van der Waals surface area contributed by atoms with Crippen molar-refractivity contribution in [3.05, 3.63) is 0 Å². The first kappa shape index (κ1) is 17.9. The zero-order valence-corrected chi connectivity index (χ0v) is 17.1. The molecule has 0 amide bonds. The standard InChI is InChI=1S/C18H30NO3.HI/c1-11-6-7-14-12(10-19(3,4)5)15(20)21-18(14)13(11)8-9-17(2)16(18)22-17;/h11-14,16H,6-10H2,1-5H3;1H/q+1;/p-1/t11-,12?,13?,14?,16-,17-,18-;/m1./s1. The van der Waals surface area contributed by atoms with Crippen LogP contribution in [0.2, 0.25) is 0 Å². The van der Waals surface area contributed by atoms with Crippen molar-refractivity contribution in [1.82, 2.24) is 0 Å². The predicted molar refractivity (Wildman–Crippen MR) is 83.1 cm³/mol. The number of quaternary nitrogens is 1. The highest BCUT2D eigenvalue weighted by molar-refractivity contribution is 5.77. The molecule has 3 unspecified atom stereocenters. The molecular weight excluding hydrogens is 405 g/mol. The topological polar surface area (TPSA) is 38.8 Å². The van der Waals surface area contributed by atoms with E-state index in [-0.39, 0.29) is 53.2 Å². The molecule has 0 aromatic heterocycles. The first-order chi connectivity index (χ1) is 10.2. The third-order valence-electron chi connectivity index (χ3n) is 6.84. The molecule has 132 valence electrons. The molecule has 2 heterocycles. The quantitative estimate of drug-likeness (QED) is 0.247. The van der Waals surface area contributed by atoms with E-state index in [0.29, 0.717) is 17.8 Å². The second-order valence-electron chi connectivity index (χ2n) is 9.47. The van der Waals surface area contributed by atoms with Gasteiger partial charge in [-0.2, -0.15) is 0 Å². The zero-order valence-electron chi connectivity index (χ0n) is 15.0. The molecule has 23 heavy (non-hydrogen) atoms. The van der Waals surface area contributed by atoms with E-state index in [0.717, 1.165) is 30.3 Å². The molecule has 5 heteroatoms. The molecule has 4 fully saturated rings. The summed E-state index contributed by atoms with van der Waals surface area (Å²) < 4.78 is 13.2. The van der Waals surface area contributed by atoms with E-state index in [9.17, 15) is 4.79 Å². The summed E-state index contributed by atoms with van der Waals surface area (Å²) in [7, 11) is 6.50. The van der Waals surface area contributed by atoms with E-state index in [1.807, 2.05) is 0 Å². The molecule has 2 saturated carbocycles. The fourth-order valence-electron chi connectivity index (χ4n) is 5.85. The van der Waals surface area contributed by atoms with Crippen LogP contribution < -0.4 is 24.0 Å². The monoisotopic (exact) mass is 435 g/mol. The van der Waals surface area contributed by atoms with Gasteiger partial charge in [0.25, 0.3) is 0 Å². The summed E-state index contributed by atoms with van der Waals surface area (Å²) in [5.41, 5.74) is -0.348. The lowest BCUT2D eigenvalue weighted by molar-refractivity contribution is -0.873. The molecule has 0 bridgehead atoms. The van der Waals surface area contributed by atoms with Gasteiger partial charge in [0.05, 0.1) is 33.3 Å². The Morgan fingerprint density at radius 3 is 2.52 bits per heavy atom. The molecule has 2 aliphatic heterocycles. The molecule has 1 spiro atoms. The summed E-state index contributed by atoms with van der Waals surface area (Å²) in [6.07, 6.45) is 4.76. The smallest absolute Gasteiger partial charge is 0.315 e. The van der Waals surface area contributed by atoms with E-state index < -0.39 is 0 Å². The Morgan fingerprint density at radius 2 is 1.87 bits per heavy atom. The minimum Gasteiger partial charge on any atom is -1.00 e. The van der Waals surface area contributed by atoms with Crippen molar-refractivity contribution in [2.24, 2.45) is 23.7 Å². The van der Waals surface area contributed by atoms with Crippen molar-refractivity contribution >= 4 is 5.97 Å². The predicted octanol–water partition coefficient (Wildman–Crippen LogP) is -0.778. The summed E-state index contributed by atoms with van der Waals surface area (Å²) in [5.74, 6) is 1.57. The maximum atomic E-state index is 12.8. The van der Waals surface area contributed by atoms with E-state index in [1.54, 1.807) is 0 Å². The van der Waals surface area contributed by atoms with Gasteiger partial charge < -0.3 is 37.9 Å². The highest BCUT2D eigenvalue weighted by Crippen LogP contribution is 2.66. The lowest BCUT2D eigenvalue weighted by Crippen LogP contribution is -3.00. The third kappa shape index (κ3) is 2.48. The molecule has 4 nitrogen and oxygen atoms in total. The summed E-state index contributed by atoms with van der Waals surface area (Å²) in [4.78, 5) is 12.8. The fourth-order valence-corrected chi connectivity index (χ4v) is 5.85. The number of rotatable bonds is 2. The van der Waals surface area contributed by atoms with Gasteiger partial charge in [0, 0.05) is 11.8 Å². The average Bonchev–Trinajstić information content (AvgIpc) is 3.02. The van der Waals surface area contributed by atoms with Crippen LogP contribution in [-0.2, 0) is 14.3 Å². The minimum absolute atomic E-state index is 0. The Kier molecular flexibility index (Phi) is 4.14. The number of carbonyl (C=O) groups is 1. The molecule has 2 saturated heterocycles. The lowest BCUT2D eigenvalue weighted by atomic mass is 9.55. The third-order valence-corrected chi connectivity index (χ3v) is 6.84. The summed E-state index contributed by atoms with van der Waals surface area (Å²) >= 11 is 0. The first-order valence-electron chi connectivity index (χ1n) is 8.88. The van der Waals surface area contributed by atoms with Crippen molar-refractivity contribution in [3.8, 4) is 0 Å². The SMILES string of the molecule is C[C@@H]1CCC2C(C[N+](C)(C)C)C(=O)O[C@]23C1CC[C@@]1(C)O[C@@H]31.[I-]. The van der Waals surface area contributed by atoms with E-state index >= 15 is 0 Å². The van der Waals surface area contributed by atoms with Crippen molar-refractivity contribution < 1.29 is 42.7 Å². The molecule has 7 atom stereocenters. The van der Waals surface area contributed by atoms with Crippen molar-refractivity contribution in [2.45, 2.75) is 56.8 Å². The number of esters is 1. The number of halogens is 1. The normalized spacial score (nSPS) is 51.0. The van der Waals surface area contributed by atoms with Crippen molar-refractivity contribution in [1.29, 1.82) is 0 Å². The van der Waals surface area contributed by atoms with Gasteiger partial charge >= 0.3 is 5.97 Å². The average molecular weight is 435 g/mol. The van der Waals surface area contributed by atoms with Gasteiger partial charge in [0.2, 0.25) is 0 Å². The maximum absolute atomic E-state index is 12.8. The molecule has 0 aromatic rings. The highest BCUT2D eigenvalue weighted by Gasteiger charge is 2.77. The van der Waals surface area contributed by atoms with Gasteiger partial charge in [-0.1, -0.05) is 6.92 Å². The Bertz CT molecular complexity index is 519. The van der Waals surface area contributed by atoms with Gasteiger partial charge in [0.15, 0.2) is 0 Å². The summed E-state index contributed by atoms with van der Waals surface area (Å²) in [6, 6.07) is 0. The molecular formula is C18H30INO3. The number of carbonyl (C=O) groups excluding carboxylic acids is 1. The number of epoxide rings is 1.